The Hall–Kier alpha value is -3.66. The number of benzene rings is 1. The Kier molecular flexibility index (Phi) is 4.28. The van der Waals surface area contributed by atoms with Gasteiger partial charge >= 0.3 is 6.03 Å². The molecule has 0 spiro atoms. The lowest BCUT2D eigenvalue weighted by atomic mass is 10.2. The van der Waals surface area contributed by atoms with Crippen molar-refractivity contribution < 1.29 is 14.0 Å². The Morgan fingerprint density at radius 2 is 2.07 bits per heavy atom. The number of carbonyl (C=O) groups is 2. The van der Waals surface area contributed by atoms with E-state index >= 15 is 0 Å². The van der Waals surface area contributed by atoms with Gasteiger partial charge in [0.25, 0.3) is 5.91 Å². The number of anilines is 3. The largest absolute Gasteiger partial charge is 0.367 e. The van der Waals surface area contributed by atoms with E-state index in [4.69, 9.17) is 11.6 Å². The first-order valence-corrected chi connectivity index (χ1v) is 9.55. The minimum absolute atomic E-state index is 0.0972. The third kappa shape index (κ3) is 3.52. The zero-order chi connectivity index (χ0) is 20.8. The van der Waals surface area contributed by atoms with E-state index in [0.717, 1.165) is 12.8 Å². The second-order valence-corrected chi connectivity index (χ2v) is 7.40. The Morgan fingerprint density at radius 3 is 2.80 bits per heavy atom. The molecule has 0 atom stereocenters. The second-order valence-electron chi connectivity index (χ2n) is 7.00. The predicted molar refractivity (Wildman–Crippen MR) is 109 cm³/mol. The topological polar surface area (TPSA) is 112 Å². The third-order valence-electron chi connectivity index (χ3n) is 4.64. The molecular formula is C19H15ClFN7O2. The first kappa shape index (κ1) is 18.4. The summed E-state index contributed by atoms with van der Waals surface area (Å²) in [4.78, 5) is 27.8. The van der Waals surface area contributed by atoms with E-state index in [9.17, 15) is 14.0 Å². The molecule has 30 heavy (non-hydrogen) atoms. The van der Waals surface area contributed by atoms with E-state index in [2.05, 4.69) is 31.3 Å². The number of hydrogen-bond acceptors (Lipinski definition) is 6. The summed E-state index contributed by atoms with van der Waals surface area (Å²) in [6.45, 7) is 0. The van der Waals surface area contributed by atoms with Crippen LogP contribution in [-0.4, -0.2) is 32.6 Å². The molecule has 2 aromatic heterocycles. The summed E-state index contributed by atoms with van der Waals surface area (Å²) in [5.74, 6) is 0.133. The maximum atomic E-state index is 13.6. The molecule has 1 aromatic carbocycles. The van der Waals surface area contributed by atoms with Gasteiger partial charge < -0.3 is 16.0 Å². The number of fused-ring (bicyclic) bond motifs is 1. The molecule has 2 fully saturated rings. The van der Waals surface area contributed by atoms with Crippen molar-refractivity contribution in [1.82, 2.24) is 25.2 Å². The minimum Gasteiger partial charge on any atom is -0.367 e. The molecule has 5 rings (SSSR count). The van der Waals surface area contributed by atoms with Gasteiger partial charge in [-0.15, -0.1) is 0 Å². The SMILES string of the molecule is O=C1NC(=O)/C(=C/c2cnn3c(NC4CC4)cc(Nc4cc(F)ccc4Cl)nc23)N1. The van der Waals surface area contributed by atoms with Gasteiger partial charge in [0.05, 0.1) is 16.9 Å². The van der Waals surface area contributed by atoms with Crippen LogP contribution >= 0.6 is 11.6 Å². The van der Waals surface area contributed by atoms with Crippen LogP contribution in [0.15, 0.2) is 36.2 Å². The van der Waals surface area contributed by atoms with Crippen molar-refractivity contribution in [2.45, 2.75) is 18.9 Å². The highest BCUT2D eigenvalue weighted by Crippen LogP contribution is 2.30. The minimum atomic E-state index is -0.588. The lowest BCUT2D eigenvalue weighted by Crippen LogP contribution is -2.22. The summed E-state index contributed by atoms with van der Waals surface area (Å²) in [6.07, 6.45) is 5.14. The van der Waals surface area contributed by atoms with Gasteiger partial charge in [-0.2, -0.15) is 9.61 Å². The zero-order valence-electron chi connectivity index (χ0n) is 15.4. The van der Waals surface area contributed by atoms with Gasteiger partial charge in [-0.1, -0.05) is 11.6 Å². The molecule has 2 aliphatic rings. The number of hydrogen-bond donors (Lipinski definition) is 4. The van der Waals surface area contributed by atoms with Crippen molar-refractivity contribution in [2.75, 3.05) is 10.6 Å². The van der Waals surface area contributed by atoms with E-state index < -0.39 is 17.8 Å². The van der Waals surface area contributed by atoms with Gasteiger partial charge in [0.2, 0.25) is 0 Å². The maximum absolute atomic E-state index is 13.6. The van der Waals surface area contributed by atoms with Crippen molar-refractivity contribution in [3.05, 3.63) is 52.6 Å². The number of amides is 3. The number of aromatic nitrogens is 3. The molecule has 0 radical (unpaired) electrons. The van der Waals surface area contributed by atoms with Crippen LogP contribution in [0.5, 0.6) is 0 Å². The molecule has 0 unspecified atom stereocenters. The molecule has 1 saturated carbocycles. The summed E-state index contributed by atoms with van der Waals surface area (Å²) >= 11 is 6.17. The van der Waals surface area contributed by atoms with Gasteiger partial charge in [-0.25, -0.2) is 14.2 Å². The van der Waals surface area contributed by atoms with Crippen LogP contribution in [0.1, 0.15) is 18.4 Å². The summed E-state index contributed by atoms with van der Waals surface area (Å²) in [7, 11) is 0. The van der Waals surface area contributed by atoms with Crippen LogP contribution in [0, 0.1) is 5.82 Å². The fourth-order valence-corrected chi connectivity index (χ4v) is 3.22. The fourth-order valence-electron chi connectivity index (χ4n) is 3.05. The van der Waals surface area contributed by atoms with E-state index in [-0.39, 0.29) is 5.70 Å². The zero-order valence-corrected chi connectivity index (χ0v) is 16.1. The van der Waals surface area contributed by atoms with Gasteiger partial charge in [-0.3, -0.25) is 10.1 Å². The quantitative estimate of drug-likeness (QED) is 0.368. The van der Waals surface area contributed by atoms with Crippen LogP contribution < -0.4 is 21.3 Å². The first-order valence-electron chi connectivity index (χ1n) is 9.18. The molecule has 9 nitrogen and oxygen atoms in total. The van der Waals surface area contributed by atoms with E-state index in [1.807, 2.05) is 0 Å². The van der Waals surface area contributed by atoms with Crippen molar-refractivity contribution in [3.8, 4) is 0 Å². The van der Waals surface area contributed by atoms with Gasteiger partial charge in [0.1, 0.15) is 23.1 Å². The van der Waals surface area contributed by atoms with E-state index in [1.54, 1.807) is 16.8 Å². The Balaban J connectivity index is 1.59. The predicted octanol–water partition coefficient (Wildman–Crippen LogP) is 3.02. The number of imide groups is 1. The fraction of sp³-hybridized carbons (Fsp3) is 0.158. The smallest absolute Gasteiger partial charge is 0.326 e. The lowest BCUT2D eigenvalue weighted by Gasteiger charge is -2.12. The summed E-state index contributed by atoms with van der Waals surface area (Å²) in [6, 6.07) is 5.51. The Labute approximate surface area is 174 Å². The maximum Gasteiger partial charge on any atom is 0.326 e. The molecule has 152 valence electrons. The van der Waals surface area contributed by atoms with Crippen molar-refractivity contribution in [1.29, 1.82) is 0 Å². The molecule has 1 saturated heterocycles. The molecule has 11 heteroatoms. The van der Waals surface area contributed by atoms with Crippen molar-refractivity contribution in [2.24, 2.45) is 0 Å². The van der Waals surface area contributed by atoms with Crippen LogP contribution in [0.4, 0.5) is 26.5 Å². The monoisotopic (exact) mass is 427 g/mol. The van der Waals surface area contributed by atoms with Gasteiger partial charge in [-0.05, 0) is 37.1 Å². The first-order chi connectivity index (χ1) is 14.5. The highest BCUT2D eigenvalue weighted by molar-refractivity contribution is 6.33. The number of rotatable bonds is 5. The molecule has 1 aliphatic carbocycles. The highest BCUT2D eigenvalue weighted by Gasteiger charge is 2.25. The molecule has 0 bridgehead atoms. The summed E-state index contributed by atoms with van der Waals surface area (Å²) in [5, 5.41) is 15.7. The number of nitrogens with zero attached hydrogens (tertiary/aromatic N) is 3. The number of nitrogens with one attached hydrogen (secondary N) is 4. The standard InChI is InChI=1S/C19H15ClFN7O2/c20-12-4-1-10(21)6-13(12)24-15-7-16(23-11-2-3-11)28-17(26-15)9(8-22-28)5-14-18(29)27-19(30)25-14/h1,4-8,11,23H,2-3H2,(H,24,26)(H2,25,27,29,30)/b14-5-. The molecular weight excluding hydrogens is 413 g/mol. The average Bonchev–Trinajstić information content (AvgIpc) is 3.34. The average molecular weight is 428 g/mol. The van der Waals surface area contributed by atoms with Crippen LogP contribution in [-0.2, 0) is 4.79 Å². The van der Waals surface area contributed by atoms with E-state index in [1.165, 1.54) is 24.3 Å². The summed E-state index contributed by atoms with van der Waals surface area (Å²) in [5.41, 5.74) is 1.43. The van der Waals surface area contributed by atoms with Crippen LogP contribution in [0.2, 0.25) is 5.02 Å². The van der Waals surface area contributed by atoms with Gasteiger partial charge in [0, 0.05) is 17.7 Å². The molecule has 3 heterocycles. The number of urea groups is 1. The molecule has 3 amide bonds. The normalized spacial score (nSPS) is 17.3. The Bertz CT molecular complexity index is 1240. The second kappa shape index (κ2) is 6.99. The number of carbonyl (C=O) groups excluding carboxylic acids is 2. The van der Waals surface area contributed by atoms with Crippen LogP contribution in [0.3, 0.4) is 0 Å². The van der Waals surface area contributed by atoms with Crippen LogP contribution in [0.25, 0.3) is 11.7 Å². The third-order valence-corrected chi connectivity index (χ3v) is 4.97. The van der Waals surface area contributed by atoms with E-state index in [0.29, 0.717) is 39.6 Å². The molecule has 1 aliphatic heterocycles. The number of halogens is 2. The highest BCUT2D eigenvalue weighted by atomic mass is 35.5. The molecule has 3 aromatic rings. The van der Waals surface area contributed by atoms with Crippen molar-refractivity contribution >= 4 is 52.6 Å². The lowest BCUT2D eigenvalue weighted by molar-refractivity contribution is -0.115. The van der Waals surface area contributed by atoms with Gasteiger partial charge in [0.15, 0.2) is 5.65 Å². The molecule has 4 N–H and O–H groups in total. The Morgan fingerprint density at radius 1 is 1.23 bits per heavy atom. The summed E-state index contributed by atoms with van der Waals surface area (Å²) < 4.78 is 15.3. The van der Waals surface area contributed by atoms with Crippen molar-refractivity contribution in [3.63, 3.8) is 0 Å².